The summed E-state index contributed by atoms with van der Waals surface area (Å²) in [5.74, 6) is 1.20. The molecule has 1 amide bonds. The van der Waals surface area contributed by atoms with Crippen molar-refractivity contribution < 1.29 is 13.9 Å². The zero-order chi connectivity index (χ0) is 16.9. The Kier molecular flexibility index (Phi) is 4.66. The number of nitrogens with one attached hydrogen (secondary N) is 1. The van der Waals surface area contributed by atoms with Gasteiger partial charge in [-0.25, -0.2) is 0 Å². The Bertz CT molecular complexity index is 810. The Labute approximate surface area is 141 Å². The van der Waals surface area contributed by atoms with Crippen molar-refractivity contribution in [1.82, 2.24) is 5.32 Å². The highest BCUT2D eigenvalue weighted by Crippen LogP contribution is 2.24. The maximum atomic E-state index is 12.7. The number of hydrogen-bond donors (Lipinski definition) is 1. The summed E-state index contributed by atoms with van der Waals surface area (Å²) in [6.07, 6.45) is 1.60. The van der Waals surface area contributed by atoms with Crippen molar-refractivity contribution in [3.63, 3.8) is 0 Å². The number of aryl methyl sites for hydroxylation is 1. The Morgan fingerprint density at radius 2 is 1.88 bits per heavy atom. The molecule has 0 aliphatic rings. The fourth-order valence-corrected chi connectivity index (χ4v) is 2.60. The number of hydrogen-bond acceptors (Lipinski definition) is 3. The largest absolute Gasteiger partial charge is 0.496 e. The highest BCUT2D eigenvalue weighted by molar-refractivity contribution is 5.95. The third-order valence-electron chi connectivity index (χ3n) is 3.91. The molecule has 0 radical (unpaired) electrons. The molecular weight excluding hydrogens is 302 g/mol. The maximum absolute atomic E-state index is 12.7. The van der Waals surface area contributed by atoms with Crippen LogP contribution in [-0.2, 0) is 0 Å². The van der Waals surface area contributed by atoms with E-state index in [0.29, 0.717) is 17.1 Å². The van der Waals surface area contributed by atoms with Crippen molar-refractivity contribution in [2.75, 3.05) is 7.11 Å². The van der Waals surface area contributed by atoms with Crippen molar-refractivity contribution in [2.45, 2.75) is 13.0 Å². The Morgan fingerprint density at radius 3 is 2.54 bits per heavy atom. The van der Waals surface area contributed by atoms with Gasteiger partial charge in [-0.3, -0.25) is 4.79 Å². The van der Waals surface area contributed by atoms with Crippen LogP contribution >= 0.6 is 0 Å². The zero-order valence-corrected chi connectivity index (χ0v) is 13.7. The average Bonchev–Trinajstić information content (AvgIpc) is 3.15. The second-order valence-corrected chi connectivity index (χ2v) is 5.52. The first-order valence-electron chi connectivity index (χ1n) is 7.73. The summed E-state index contributed by atoms with van der Waals surface area (Å²) in [4.78, 5) is 12.7. The van der Waals surface area contributed by atoms with Crippen LogP contribution in [0.1, 0.15) is 33.3 Å². The first-order chi connectivity index (χ1) is 11.7. The fraction of sp³-hybridized carbons (Fsp3) is 0.150. The van der Waals surface area contributed by atoms with Gasteiger partial charge >= 0.3 is 0 Å². The molecule has 0 aliphatic heterocycles. The topological polar surface area (TPSA) is 51.5 Å². The molecule has 0 saturated carbocycles. The van der Waals surface area contributed by atoms with Gasteiger partial charge in [0.15, 0.2) is 0 Å². The summed E-state index contributed by atoms with van der Waals surface area (Å²) in [6, 6.07) is 18.5. The van der Waals surface area contributed by atoms with Crippen molar-refractivity contribution >= 4 is 5.91 Å². The molecule has 4 nitrogen and oxygen atoms in total. The highest BCUT2D eigenvalue weighted by Gasteiger charge is 2.20. The van der Waals surface area contributed by atoms with E-state index in [0.717, 1.165) is 11.1 Å². The summed E-state index contributed by atoms with van der Waals surface area (Å²) in [5, 5.41) is 3.03. The standard InChI is InChI=1S/C20H19NO3/c1-14-10-11-16(13-18(14)23-2)20(22)21-19(17-9-6-12-24-17)15-7-4-3-5-8-15/h3-13,19H,1-2H3,(H,21,22). The quantitative estimate of drug-likeness (QED) is 0.769. The molecule has 122 valence electrons. The lowest BCUT2D eigenvalue weighted by Crippen LogP contribution is -2.29. The molecule has 3 aromatic rings. The molecule has 1 atom stereocenters. The number of furan rings is 1. The van der Waals surface area contributed by atoms with Crippen LogP contribution in [0.25, 0.3) is 0 Å². The molecule has 1 heterocycles. The second-order valence-electron chi connectivity index (χ2n) is 5.52. The summed E-state index contributed by atoms with van der Waals surface area (Å²) < 4.78 is 10.8. The Morgan fingerprint density at radius 1 is 1.08 bits per heavy atom. The average molecular weight is 321 g/mol. The van der Waals surface area contributed by atoms with Crippen molar-refractivity contribution in [1.29, 1.82) is 0 Å². The predicted octanol–water partition coefficient (Wildman–Crippen LogP) is 4.12. The third-order valence-corrected chi connectivity index (χ3v) is 3.91. The molecule has 24 heavy (non-hydrogen) atoms. The first kappa shape index (κ1) is 15.9. The third kappa shape index (κ3) is 3.33. The Balaban J connectivity index is 1.89. The molecule has 0 saturated heterocycles. The van der Waals surface area contributed by atoms with Crippen LogP contribution in [0.2, 0.25) is 0 Å². The number of carbonyl (C=O) groups is 1. The van der Waals surface area contributed by atoms with Crippen LogP contribution in [0, 0.1) is 6.92 Å². The first-order valence-corrected chi connectivity index (χ1v) is 7.73. The number of carbonyl (C=O) groups excluding carboxylic acids is 1. The van der Waals surface area contributed by atoms with Gasteiger partial charge in [-0.05, 0) is 42.3 Å². The van der Waals surface area contributed by atoms with E-state index in [1.807, 2.05) is 55.5 Å². The van der Waals surface area contributed by atoms with Gasteiger partial charge in [0.25, 0.3) is 5.91 Å². The maximum Gasteiger partial charge on any atom is 0.252 e. The van der Waals surface area contributed by atoms with Gasteiger partial charge in [-0.2, -0.15) is 0 Å². The van der Waals surface area contributed by atoms with Crippen LogP contribution in [0.3, 0.4) is 0 Å². The van der Waals surface area contributed by atoms with E-state index in [4.69, 9.17) is 9.15 Å². The molecule has 2 aromatic carbocycles. The number of methoxy groups -OCH3 is 1. The van der Waals surface area contributed by atoms with E-state index in [9.17, 15) is 4.79 Å². The van der Waals surface area contributed by atoms with E-state index in [1.165, 1.54) is 0 Å². The van der Waals surface area contributed by atoms with E-state index in [2.05, 4.69) is 5.32 Å². The number of amides is 1. The molecule has 4 heteroatoms. The lowest BCUT2D eigenvalue weighted by Gasteiger charge is -2.17. The van der Waals surface area contributed by atoms with Gasteiger partial charge in [-0.1, -0.05) is 36.4 Å². The molecule has 0 aliphatic carbocycles. The molecule has 3 rings (SSSR count). The molecular formula is C20H19NO3. The molecule has 0 bridgehead atoms. The zero-order valence-electron chi connectivity index (χ0n) is 13.7. The number of ether oxygens (including phenoxy) is 1. The van der Waals surface area contributed by atoms with E-state index >= 15 is 0 Å². The SMILES string of the molecule is COc1cc(C(=O)NC(c2ccccc2)c2ccco2)ccc1C. The van der Waals surface area contributed by atoms with Crippen LogP contribution in [0.15, 0.2) is 71.3 Å². The van der Waals surface area contributed by atoms with Gasteiger partial charge < -0.3 is 14.5 Å². The minimum Gasteiger partial charge on any atom is -0.496 e. The monoisotopic (exact) mass is 321 g/mol. The second kappa shape index (κ2) is 7.04. The van der Waals surface area contributed by atoms with E-state index in [1.54, 1.807) is 25.5 Å². The highest BCUT2D eigenvalue weighted by atomic mass is 16.5. The van der Waals surface area contributed by atoms with Gasteiger partial charge in [-0.15, -0.1) is 0 Å². The van der Waals surface area contributed by atoms with Gasteiger partial charge in [0.2, 0.25) is 0 Å². The summed E-state index contributed by atoms with van der Waals surface area (Å²) >= 11 is 0. The molecule has 1 N–H and O–H groups in total. The predicted molar refractivity (Wildman–Crippen MR) is 92.2 cm³/mol. The van der Waals surface area contributed by atoms with Crippen LogP contribution < -0.4 is 10.1 Å². The van der Waals surface area contributed by atoms with E-state index < -0.39 is 0 Å². The van der Waals surface area contributed by atoms with Gasteiger partial charge in [0.05, 0.1) is 13.4 Å². The lowest BCUT2D eigenvalue weighted by molar-refractivity contribution is 0.0938. The van der Waals surface area contributed by atoms with Crippen molar-refractivity contribution in [2.24, 2.45) is 0 Å². The van der Waals surface area contributed by atoms with Crippen LogP contribution in [0.5, 0.6) is 5.75 Å². The fourth-order valence-electron chi connectivity index (χ4n) is 2.60. The normalized spacial score (nSPS) is 11.8. The van der Waals surface area contributed by atoms with Crippen LogP contribution in [-0.4, -0.2) is 13.0 Å². The molecule has 1 unspecified atom stereocenters. The minimum atomic E-state index is -0.346. The lowest BCUT2D eigenvalue weighted by atomic mass is 10.0. The van der Waals surface area contributed by atoms with Crippen molar-refractivity contribution in [3.05, 3.63) is 89.4 Å². The molecule has 1 aromatic heterocycles. The summed E-state index contributed by atoms with van der Waals surface area (Å²) in [5.41, 5.74) is 2.49. The number of rotatable bonds is 5. The van der Waals surface area contributed by atoms with Crippen LogP contribution in [0.4, 0.5) is 0 Å². The number of benzene rings is 2. The smallest absolute Gasteiger partial charge is 0.252 e. The Hall–Kier alpha value is -3.01. The minimum absolute atomic E-state index is 0.182. The van der Waals surface area contributed by atoms with Crippen molar-refractivity contribution in [3.8, 4) is 5.75 Å². The van der Waals surface area contributed by atoms with Gasteiger partial charge in [0.1, 0.15) is 17.6 Å². The van der Waals surface area contributed by atoms with Gasteiger partial charge in [0, 0.05) is 5.56 Å². The summed E-state index contributed by atoms with van der Waals surface area (Å²) in [7, 11) is 1.60. The summed E-state index contributed by atoms with van der Waals surface area (Å²) in [6.45, 7) is 1.94. The van der Waals surface area contributed by atoms with E-state index in [-0.39, 0.29) is 11.9 Å². The molecule has 0 spiro atoms. The molecule has 0 fully saturated rings.